The van der Waals surface area contributed by atoms with Crippen LogP contribution in [0.3, 0.4) is 0 Å². The van der Waals surface area contributed by atoms with E-state index >= 15 is 0 Å². The van der Waals surface area contributed by atoms with Gasteiger partial charge >= 0.3 is 0 Å². The molecule has 0 unspecified atom stereocenters. The summed E-state index contributed by atoms with van der Waals surface area (Å²) in [5.74, 6) is 0. The second-order valence-corrected chi connectivity index (χ2v) is 3.80. The van der Waals surface area contributed by atoms with Crippen LogP contribution in [0.2, 0.25) is 0 Å². The number of nitrogens with two attached hydrogens (primary N) is 1. The first kappa shape index (κ1) is 12.1. The highest BCUT2D eigenvalue weighted by Gasteiger charge is 2.14. The summed E-state index contributed by atoms with van der Waals surface area (Å²) in [5, 5.41) is 14.0. The highest BCUT2D eigenvalue weighted by Crippen LogP contribution is 2.28. The first-order chi connectivity index (χ1) is 8.70. The fourth-order valence-corrected chi connectivity index (χ4v) is 1.64. The molecule has 0 aromatic heterocycles. The van der Waals surface area contributed by atoms with Crippen LogP contribution in [-0.2, 0) is 6.54 Å². The van der Waals surface area contributed by atoms with Gasteiger partial charge in [-0.2, -0.15) is 0 Å². The van der Waals surface area contributed by atoms with Crippen molar-refractivity contribution in [1.29, 1.82) is 0 Å². The summed E-state index contributed by atoms with van der Waals surface area (Å²) in [5.41, 5.74) is 7.51. The van der Waals surface area contributed by atoms with Crippen molar-refractivity contribution < 1.29 is 4.92 Å². The lowest BCUT2D eigenvalue weighted by Crippen LogP contribution is -2.01. The van der Waals surface area contributed by atoms with Gasteiger partial charge in [-0.05, 0) is 23.8 Å². The predicted octanol–water partition coefficient (Wildman–Crippen LogP) is 2.80. The highest BCUT2D eigenvalue weighted by molar-refractivity contribution is 5.70. The number of rotatable bonds is 4. The monoisotopic (exact) mass is 243 g/mol. The molecule has 2 aromatic rings. The number of hydrogen-bond acceptors (Lipinski definition) is 4. The van der Waals surface area contributed by atoms with Gasteiger partial charge in [0.05, 0.1) is 4.92 Å². The number of nitro groups is 1. The number of nitrogens with one attached hydrogen (secondary N) is 1. The molecular weight excluding hydrogens is 230 g/mol. The number of nitrogens with zero attached hydrogens (tertiary/aromatic N) is 1. The van der Waals surface area contributed by atoms with E-state index in [4.69, 9.17) is 5.73 Å². The van der Waals surface area contributed by atoms with E-state index in [1.807, 2.05) is 30.3 Å². The fourth-order valence-electron chi connectivity index (χ4n) is 1.64. The van der Waals surface area contributed by atoms with Crippen LogP contribution in [-0.4, -0.2) is 4.92 Å². The largest absolute Gasteiger partial charge is 0.350 e. The molecule has 0 bridgehead atoms. The lowest BCUT2D eigenvalue weighted by molar-refractivity contribution is -0.384. The smallest absolute Gasteiger partial charge is 0.292 e. The fraction of sp³-hybridized carbons (Fsp3) is 0.0769. The average molecular weight is 243 g/mol. The number of para-hydroxylation sites is 1. The highest BCUT2D eigenvalue weighted by atomic mass is 16.6. The molecular formula is C13H13N3O2. The first-order valence-corrected chi connectivity index (χ1v) is 5.50. The maximum absolute atomic E-state index is 11.0. The van der Waals surface area contributed by atoms with Crippen LogP contribution in [0.4, 0.5) is 17.1 Å². The molecule has 2 rings (SSSR count). The van der Waals surface area contributed by atoms with Gasteiger partial charge in [0.2, 0.25) is 0 Å². The minimum absolute atomic E-state index is 0.0294. The molecule has 0 fully saturated rings. The summed E-state index contributed by atoms with van der Waals surface area (Å²) < 4.78 is 0. The maximum Gasteiger partial charge on any atom is 0.292 e. The number of anilines is 2. The lowest BCUT2D eigenvalue weighted by atomic mass is 10.1. The van der Waals surface area contributed by atoms with E-state index in [1.54, 1.807) is 12.1 Å². The quantitative estimate of drug-likeness (QED) is 0.639. The van der Waals surface area contributed by atoms with Crippen LogP contribution in [0.25, 0.3) is 0 Å². The van der Waals surface area contributed by atoms with Crippen LogP contribution in [0.1, 0.15) is 5.56 Å². The summed E-state index contributed by atoms with van der Waals surface area (Å²) in [6.45, 7) is 0.284. The van der Waals surface area contributed by atoms with E-state index < -0.39 is 4.92 Å². The van der Waals surface area contributed by atoms with Crippen molar-refractivity contribution in [3.05, 3.63) is 64.2 Å². The molecule has 5 heteroatoms. The van der Waals surface area contributed by atoms with Crippen molar-refractivity contribution in [3.8, 4) is 0 Å². The summed E-state index contributed by atoms with van der Waals surface area (Å²) in [6, 6.07) is 14.2. The van der Waals surface area contributed by atoms with Crippen molar-refractivity contribution in [2.45, 2.75) is 6.54 Å². The Labute approximate surface area is 104 Å². The van der Waals surface area contributed by atoms with Crippen LogP contribution in [0, 0.1) is 10.1 Å². The van der Waals surface area contributed by atoms with Crippen LogP contribution in [0.15, 0.2) is 48.5 Å². The van der Waals surface area contributed by atoms with Gasteiger partial charge in [-0.1, -0.05) is 24.3 Å². The van der Waals surface area contributed by atoms with Gasteiger partial charge in [-0.15, -0.1) is 0 Å². The Morgan fingerprint density at radius 1 is 1.17 bits per heavy atom. The number of hydrogen-bond donors (Lipinski definition) is 2. The zero-order valence-corrected chi connectivity index (χ0v) is 9.67. The molecule has 0 heterocycles. The summed E-state index contributed by atoms with van der Waals surface area (Å²) in [7, 11) is 0. The van der Waals surface area contributed by atoms with Crippen molar-refractivity contribution in [1.82, 2.24) is 0 Å². The summed E-state index contributed by atoms with van der Waals surface area (Å²) in [4.78, 5) is 10.6. The Hall–Kier alpha value is -2.40. The zero-order valence-electron chi connectivity index (χ0n) is 9.67. The van der Waals surface area contributed by atoms with Gasteiger partial charge in [-0.3, -0.25) is 10.1 Å². The van der Waals surface area contributed by atoms with Gasteiger partial charge in [0.15, 0.2) is 0 Å². The molecule has 0 aliphatic heterocycles. The first-order valence-electron chi connectivity index (χ1n) is 5.50. The second kappa shape index (κ2) is 5.29. The predicted molar refractivity (Wildman–Crippen MR) is 70.7 cm³/mol. The zero-order chi connectivity index (χ0) is 13.0. The van der Waals surface area contributed by atoms with Gasteiger partial charge in [0.25, 0.3) is 5.69 Å². The normalized spacial score (nSPS) is 10.1. The Balaban J connectivity index is 2.35. The molecule has 0 aliphatic rings. The maximum atomic E-state index is 11.0. The summed E-state index contributed by atoms with van der Waals surface area (Å²) >= 11 is 0. The van der Waals surface area contributed by atoms with E-state index in [2.05, 4.69) is 5.32 Å². The lowest BCUT2D eigenvalue weighted by Gasteiger charge is -2.08. The van der Waals surface area contributed by atoms with Gasteiger partial charge in [0.1, 0.15) is 5.69 Å². The van der Waals surface area contributed by atoms with Crippen molar-refractivity contribution in [3.63, 3.8) is 0 Å². The van der Waals surface area contributed by atoms with Crippen molar-refractivity contribution in [2.24, 2.45) is 5.73 Å². The third kappa shape index (κ3) is 2.64. The molecule has 3 N–H and O–H groups in total. The Kier molecular flexibility index (Phi) is 3.54. The van der Waals surface area contributed by atoms with E-state index in [0.29, 0.717) is 5.69 Å². The molecule has 18 heavy (non-hydrogen) atoms. The molecule has 0 aliphatic carbocycles. The second-order valence-electron chi connectivity index (χ2n) is 3.80. The molecule has 0 atom stereocenters. The summed E-state index contributed by atoms with van der Waals surface area (Å²) in [6.07, 6.45) is 0. The minimum atomic E-state index is -0.412. The van der Waals surface area contributed by atoms with Crippen LogP contribution in [0.5, 0.6) is 0 Å². The van der Waals surface area contributed by atoms with Crippen LogP contribution < -0.4 is 11.1 Å². The molecule has 5 nitrogen and oxygen atoms in total. The Morgan fingerprint density at radius 2 is 1.89 bits per heavy atom. The average Bonchev–Trinajstić information content (AvgIpc) is 2.40. The van der Waals surface area contributed by atoms with Crippen LogP contribution >= 0.6 is 0 Å². The van der Waals surface area contributed by atoms with Crippen molar-refractivity contribution >= 4 is 17.1 Å². The molecule has 0 spiro atoms. The van der Waals surface area contributed by atoms with Gasteiger partial charge in [-0.25, -0.2) is 0 Å². The van der Waals surface area contributed by atoms with Crippen molar-refractivity contribution in [2.75, 3.05) is 5.32 Å². The van der Waals surface area contributed by atoms with E-state index in [9.17, 15) is 10.1 Å². The molecule has 0 saturated heterocycles. The SMILES string of the molecule is NCc1ccc(Nc2ccccc2)c([N+](=O)[O-])c1. The number of nitro benzene ring substituents is 1. The molecule has 2 aromatic carbocycles. The van der Waals surface area contributed by atoms with E-state index in [1.165, 1.54) is 6.07 Å². The Morgan fingerprint density at radius 3 is 2.50 bits per heavy atom. The molecule has 0 saturated carbocycles. The molecule has 0 radical (unpaired) electrons. The Bertz CT molecular complexity index is 555. The molecule has 92 valence electrons. The topological polar surface area (TPSA) is 81.2 Å². The third-order valence-corrected chi connectivity index (χ3v) is 2.55. The van der Waals surface area contributed by atoms with Gasteiger partial charge in [0, 0.05) is 18.3 Å². The molecule has 0 amide bonds. The third-order valence-electron chi connectivity index (χ3n) is 2.55. The standard InChI is InChI=1S/C13H13N3O2/c14-9-10-6-7-12(13(8-10)16(17)18)15-11-4-2-1-3-5-11/h1-8,15H,9,14H2. The number of benzene rings is 2. The van der Waals surface area contributed by atoms with E-state index in [0.717, 1.165) is 11.3 Å². The minimum Gasteiger partial charge on any atom is -0.350 e. The van der Waals surface area contributed by atoms with E-state index in [-0.39, 0.29) is 12.2 Å². The van der Waals surface area contributed by atoms with Gasteiger partial charge < -0.3 is 11.1 Å².